The van der Waals surface area contributed by atoms with Gasteiger partial charge in [-0.2, -0.15) is 0 Å². The minimum absolute atomic E-state index is 0.0583. The van der Waals surface area contributed by atoms with Crippen LogP contribution in [0.25, 0.3) is 0 Å². The molecule has 0 aliphatic carbocycles. The second kappa shape index (κ2) is 6.73. The molecule has 0 aliphatic rings. The van der Waals surface area contributed by atoms with Crippen LogP contribution in [0.1, 0.15) is 20.3 Å². The Morgan fingerprint density at radius 1 is 1.62 bits per heavy atom. The van der Waals surface area contributed by atoms with E-state index in [1.54, 1.807) is 20.9 Å². The molecule has 1 aromatic carbocycles. The fourth-order valence-corrected chi connectivity index (χ4v) is 2.05. The summed E-state index contributed by atoms with van der Waals surface area (Å²) in [7, 11) is 1.61. The lowest BCUT2D eigenvalue weighted by molar-refractivity contribution is -0.386. The first kappa shape index (κ1) is 17.2. The van der Waals surface area contributed by atoms with Crippen molar-refractivity contribution in [2.24, 2.45) is 5.73 Å². The summed E-state index contributed by atoms with van der Waals surface area (Å²) in [4.78, 5) is 21.9. The van der Waals surface area contributed by atoms with Gasteiger partial charge in [-0.25, -0.2) is 0 Å². The average Bonchev–Trinajstić information content (AvgIpc) is 2.37. The number of nitro benzene ring substituents is 1. The molecule has 1 amide bonds. The number of amides is 1. The predicted molar refractivity (Wildman–Crippen MR) is 79.5 cm³/mol. The van der Waals surface area contributed by atoms with E-state index in [0.29, 0.717) is 5.02 Å². The van der Waals surface area contributed by atoms with E-state index < -0.39 is 22.5 Å². The van der Waals surface area contributed by atoms with Gasteiger partial charge in [-0.3, -0.25) is 14.9 Å². The number of carbonyl (C=O) groups excluding carboxylic acids is 1. The number of ether oxygens (including phenoxy) is 1. The van der Waals surface area contributed by atoms with E-state index in [1.807, 2.05) is 0 Å². The van der Waals surface area contributed by atoms with Crippen LogP contribution in [0.5, 0.6) is 5.75 Å². The lowest BCUT2D eigenvalue weighted by Gasteiger charge is -2.28. The Morgan fingerprint density at radius 3 is 2.71 bits per heavy atom. The summed E-state index contributed by atoms with van der Waals surface area (Å²) in [5.41, 5.74) is 4.19. The SMILES string of the molecule is CNC(C)(CC(C)Oc1cc(Cl)ccc1[N+](=O)[O-])C(N)=O. The van der Waals surface area contributed by atoms with Crippen LogP contribution in [0.4, 0.5) is 5.69 Å². The van der Waals surface area contributed by atoms with Crippen molar-refractivity contribution in [2.45, 2.75) is 31.9 Å². The fraction of sp³-hybridized carbons (Fsp3) is 0.462. The van der Waals surface area contributed by atoms with Crippen LogP contribution in [0.3, 0.4) is 0 Å². The molecule has 1 rings (SSSR count). The van der Waals surface area contributed by atoms with Crippen LogP contribution in [0, 0.1) is 10.1 Å². The number of nitrogens with one attached hydrogen (secondary N) is 1. The Hall–Kier alpha value is -1.86. The van der Waals surface area contributed by atoms with Crippen molar-refractivity contribution in [1.82, 2.24) is 5.32 Å². The van der Waals surface area contributed by atoms with Gasteiger partial charge >= 0.3 is 5.69 Å². The summed E-state index contributed by atoms with van der Waals surface area (Å²) < 4.78 is 5.56. The molecule has 7 nitrogen and oxygen atoms in total. The monoisotopic (exact) mass is 315 g/mol. The molecule has 0 bridgehead atoms. The van der Waals surface area contributed by atoms with Crippen molar-refractivity contribution < 1.29 is 14.5 Å². The normalized spacial score (nSPS) is 15.0. The Balaban J connectivity index is 2.93. The highest BCUT2D eigenvalue weighted by Gasteiger charge is 2.32. The minimum Gasteiger partial charge on any atom is -0.484 e. The van der Waals surface area contributed by atoms with Gasteiger partial charge in [0.2, 0.25) is 5.91 Å². The molecule has 0 spiro atoms. The molecule has 0 saturated heterocycles. The standard InChI is InChI=1S/C13H18ClN3O4/c1-8(7-13(2,16-3)12(15)18)21-11-6-9(14)4-5-10(11)17(19)20/h4-6,8,16H,7H2,1-3H3,(H2,15,18). The topological polar surface area (TPSA) is 107 Å². The summed E-state index contributed by atoms with van der Waals surface area (Å²) in [6, 6.07) is 4.06. The van der Waals surface area contributed by atoms with Gasteiger partial charge in [0, 0.05) is 23.6 Å². The molecule has 0 aromatic heterocycles. The van der Waals surface area contributed by atoms with Crippen molar-refractivity contribution in [3.8, 4) is 5.75 Å². The first-order valence-corrected chi connectivity index (χ1v) is 6.67. The summed E-state index contributed by atoms with van der Waals surface area (Å²) >= 11 is 5.83. The molecule has 1 aromatic rings. The number of hydrogen-bond acceptors (Lipinski definition) is 5. The highest BCUT2D eigenvalue weighted by atomic mass is 35.5. The highest BCUT2D eigenvalue weighted by Crippen LogP contribution is 2.31. The van der Waals surface area contributed by atoms with E-state index in [4.69, 9.17) is 22.1 Å². The van der Waals surface area contributed by atoms with Crippen LogP contribution >= 0.6 is 11.6 Å². The molecular weight excluding hydrogens is 298 g/mol. The maximum absolute atomic E-state index is 11.4. The fourth-order valence-electron chi connectivity index (χ4n) is 1.89. The number of nitrogens with two attached hydrogens (primary N) is 1. The number of nitro groups is 1. The third-order valence-corrected chi connectivity index (χ3v) is 3.47. The maximum atomic E-state index is 11.4. The van der Waals surface area contributed by atoms with Crippen molar-refractivity contribution in [1.29, 1.82) is 0 Å². The molecule has 116 valence electrons. The first-order chi connectivity index (χ1) is 9.69. The maximum Gasteiger partial charge on any atom is 0.311 e. The predicted octanol–water partition coefficient (Wildman–Crippen LogP) is 1.87. The Labute approximate surface area is 127 Å². The van der Waals surface area contributed by atoms with Crippen molar-refractivity contribution in [3.63, 3.8) is 0 Å². The molecule has 0 fully saturated rings. The number of carbonyl (C=O) groups is 1. The van der Waals surface area contributed by atoms with Gasteiger partial charge in [0.05, 0.1) is 16.6 Å². The van der Waals surface area contributed by atoms with E-state index in [0.717, 1.165) is 0 Å². The van der Waals surface area contributed by atoms with Crippen LogP contribution in [0.15, 0.2) is 18.2 Å². The van der Waals surface area contributed by atoms with Crippen molar-refractivity contribution in [2.75, 3.05) is 7.05 Å². The second-order valence-corrected chi connectivity index (χ2v) is 5.38. The van der Waals surface area contributed by atoms with E-state index in [9.17, 15) is 14.9 Å². The number of nitrogens with zero attached hydrogens (tertiary/aromatic N) is 1. The Bertz CT molecular complexity index is 552. The highest BCUT2D eigenvalue weighted by molar-refractivity contribution is 6.30. The van der Waals surface area contributed by atoms with Crippen LogP contribution in [-0.4, -0.2) is 29.5 Å². The molecule has 0 heterocycles. The number of benzene rings is 1. The van der Waals surface area contributed by atoms with Crippen LogP contribution in [-0.2, 0) is 4.79 Å². The Morgan fingerprint density at radius 2 is 2.24 bits per heavy atom. The zero-order chi connectivity index (χ0) is 16.2. The quantitative estimate of drug-likeness (QED) is 0.590. The molecule has 3 N–H and O–H groups in total. The van der Waals surface area contributed by atoms with E-state index in [1.165, 1.54) is 18.2 Å². The molecule has 2 atom stereocenters. The molecule has 0 aliphatic heterocycles. The molecule has 0 radical (unpaired) electrons. The lowest BCUT2D eigenvalue weighted by Crippen LogP contribution is -2.53. The number of likely N-dealkylation sites (N-methyl/N-ethyl adjacent to an activating group) is 1. The van der Waals surface area contributed by atoms with Gasteiger partial charge in [-0.05, 0) is 27.0 Å². The zero-order valence-corrected chi connectivity index (χ0v) is 12.8. The summed E-state index contributed by atoms with van der Waals surface area (Å²) in [5, 5.41) is 14.1. The van der Waals surface area contributed by atoms with E-state index in [2.05, 4.69) is 5.32 Å². The molecular formula is C13H18ClN3O4. The third-order valence-electron chi connectivity index (χ3n) is 3.24. The van der Waals surface area contributed by atoms with Gasteiger partial charge in [-0.1, -0.05) is 11.6 Å². The van der Waals surface area contributed by atoms with Gasteiger partial charge in [0.15, 0.2) is 5.75 Å². The lowest BCUT2D eigenvalue weighted by atomic mass is 9.94. The van der Waals surface area contributed by atoms with E-state index in [-0.39, 0.29) is 17.9 Å². The average molecular weight is 316 g/mol. The number of primary amides is 1. The molecule has 0 saturated carbocycles. The van der Waals surface area contributed by atoms with E-state index >= 15 is 0 Å². The van der Waals surface area contributed by atoms with Crippen molar-refractivity contribution >= 4 is 23.2 Å². The summed E-state index contributed by atoms with van der Waals surface area (Å²) in [5.74, 6) is -0.469. The van der Waals surface area contributed by atoms with Gasteiger partial charge < -0.3 is 15.8 Å². The minimum atomic E-state index is -0.966. The van der Waals surface area contributed by atoms with Crippen LogP contribution < -0.4 is 15.8 Å². The summed E-state index contributed by atoms with van der Waals surface area (Å²) in [6.45, 7) is 3.34. The van der Waals surface area contributed by atoms with Crippen molar-refractivity contribution in [3.05, 3.63) is 33.3 Å². The number of rotatable bonds is 7. The molecule has 21 heavy (non-hydrogen) atoms. The molecule has 8 heteroatoms. The van der Waals surface area contributed by atoms with Gasteiger partial charge in [0.1, 0.15) is 0 Å². The zero-order valence-electron chi connectivity index (χ0n) is 12.1. The summed E-state index contributed by atoms with van der Waals surface area (Å²) in [6.07, 6.45) is -0.227. The smallest absolute Gasteiger partial charge is 0.311 e. The van der Waals surface area contributed by atoms with Gasteiger partial charge in [-0.15, -0.1) is 0 Å². The number of halogens is 1. The van der Waals surface area contributed by atoms with Crippen LogP contribution in [0.2, 0.25) is 5.02 Å². The molecule has 2 unspecified atom stereocenters. The first-order valence-electron chi connectivity index (χ1n) is 6.29. The van der Waals surface area contributed by atoms with Gasteiger partial charge in [0.25, 0.3) is 0 Å². The second-order valence-electron chi connectivity index (χ2n) is 4.95. The third kappa shape index (κ3) is 4.30. The largest absolute Gasteiger partial charge is 0.484 e. The number of hydrogen-bond donors (Lipinski definition) is 2. The Kier molecular flexibility index (Phi) is 5.51.